The van der Waals surface area contributed by atoms with Gasteiger partial charge in [-0.3, -0.25) is 9.67 Å². The number of benzene rings is 2. The van der Waals surface area contributed by atoms with E-state index in [1.807, 2.05) is 70.4 Å². The van der Waals surface area contributed by atoms with Crippen LogP contribution < -0.4 is 20.1 Å². The molecule has 0 aliphatic heterocycles. The molecule has 2 aromatic carbocycles. The van der Waals surface area contributed by atoms with Crippen molar-refractivity contribution >= 4 is 22.4 Å². The maximum Gasteiger partial charge on any atom is 0.124 e. The van der Waals surface area contributed by atoms with Crippen molar-refractivity contribution < 1.29 is 9.47 Å². The zero-order chi connectivity index (χ0) is 24.0. The average Bonchev–Trinajstić information content (AvgIpc) is 3.28. The van der Waals surface area contributed by atoms with Gasteiger partial charge in [0.2, 0.25) is 0 Å². The summed E-state index contributed by atoms with van der Waals surface area (Å²) in [5, 5.41) is 4.23. The molecule has 8 nitrogen and oxygen atoms in total. The number of aromatic nitrogens is 4. The summed E-state index contributed by atoms with van der Waals surface area (Å²) in [5.74, 6) is 1.42. The quantitative estimate of drug-likeness (QED) is 0.443. The van der Waals surface area contributed by atoms with Gasteiger partial charge in [0.15, 0.2) is 0 Å². The van der Waals surface area contributed by atoms with Crippen LogP contribution in [-0.2, 0) is 7.05 Å². The van der Waals surface area contributed by atoms with Crippen LogP contribution in [0.2, 0.25) is 0 Å². The highest BCUT2D eigenvalue weighted by Gasteiger charge is 2.16. The molecule has 0 amide bonds. The number of fused-ring (bicyclic) bond motifs is 1. The van der Waals surface area contributed by atoms with Crippen LogP contribution in [-0.4, -0.2) is 46.6 Å². The lowest BCUT2D eigenvalue weighted by atomic mass is 10.1. The van der Waals surface area contributed by atoms with E-state index in [1.54, 1.807) is 31.3 Å². The molecule has 4 rings (SSSR count). The Morgan fingerprint density at radius 1 is 0.970 bits per heavy atom. The van der Waals surface area contributed by atoms with Crippen molar-refractivity contribution in [3.8, 4) is 22.8 Å². The maximum absolute atomic E-state index is 6.18. The summed E-state index contributed by atoms with van der Waals surface area (Å²) >= 11 is 0. The molecule has 0 bridgehead atoms. The van der Waals surface area contributed by atoms with Gasteiger partial charge in [-0.25, -0.2) is 4.98 Å². The molecule has 0 saturated heterocycles. The van der Waals surface area contributed by atoms with E-state index in [0.29, 0.717) is 18.0 Å². The number of nitrogens with zero attached hydrogens (tertiary/aromatic N) is 5. The smallest absolute Gasteiger partial charge is 0.124 e. The number of aryl methyl sites for hydroxylation is 1. The highest BCUT2D eigenvalue weighted by Crippen LogP contribution is 2.34. The Morgan fingerprint density at radius 2 is 1.67 bits per heavy atom. The number of rotatable bonds is 7. The van der Waals surface area contributed by atoms with Crippen LogP contribution >= 0.6 is 0 Å². The van der Waals surface area contributed by atoms with Crippen LogP contribution in [0.3, 0.4) is 0 Å². The minimum atomic E-state index is -0.0549. The Kier molecular flexibility index (Phi) is 7.84. The first-order chi connectivity index (χ1) is 16.0. The molecule has 2 aromatic heterocycles. The van der Waals surface area contributed by atoms with Gasteiger partial charge < -0.3 is 20.1 Å². The largest absolute Gasteiger partial charge is 0.497 e. The molecule has 0 radical (unpaired) electrons. The van der Waals surface area contributed by atoms with Gasteiger partial charge in [0.1, 0.15) is 11.5 Å². The van der Waals surface area contributed by atoms with Crippen molar-refractivity contribution in [2.24, 2.45) is 12.8 Å². The summed E-state index contributed by atoms with van der Waals surface area (Å²) in [6.45, 7) is 6.59. The Balaban J connectivity index is 0.00000149. The SMILES string of the molecule is CC.COc1cc(OC)cc(N(CC(C)N)c2ccc3ncc(-c4cnn(C)c4)nc3c2)c1. The van der Waals surface area contributed by atoms with Gasteiger partial charge in [0, 0.05) is 61.0 Å². The summed E-state index contributed by atoms with van der Waals surface area (Å²) < 4.78 is 12.7. The molecule has 0 aliphatic carbocycles. The predicted molar refractivity (Wildman–Crippen MR) is 133 cm³/mol. The van der Waals surface area contributed by atoms with Gasteiger partial charge in [-0.1, -0.05) is 13.8 Å². The Hall–Kier alpha value is -3.65. The Morgan fingerprint density at radius 3 is 2.24 bits per heavy atom. The summed E-state index contributed by atoms with van der Waals surface area (Å²) in [5.41, 5.74) is 11.4. The summed E-state index contributed by atoms with van der Waals surface area (Å²) in [7, 11) is 5.16. The van der Waals surface area contributed by atoms with E-state index in [4.69, 9.17) is 20.2 Å². The highest BCUT2D eigenvalue weighted by molar-refractivity contribution is 5.82. The lowest BCUT2D eigenvalue weighted by Gasteiger charge is -2.27. The molecule has 2 heterocycles. The van der Waals surface area contributed by atoms with Crippen LogP contribution in [0.25, 0.3) is 22.3 Å². The first-order valence-corrected chi connectivity index (χ1v) is 11.0. The normalized spacial score (nSPS) is 11.5. The van der Waals surface area contributed by atoms with Gasteiger partial charge in [0.05, 0.1) is 43.3 Å². The zero-order valence-corrected chi connectivity index (χ0v) is 20.1. The van der Waals surface area contributed by atoms with E-state index in [2.05, 4.69) is 15.0 Å². The minimum absolute atomic E-state index is 0.0549. The van der Waals surface area contributed by atoms with Gasteiger partial charge in [-0.2, -0.15) is 5.10 Å². The molecule has 0 aliphatic rings. The van der Waals surface area contributed by atoms with Gasteiger partial charge in [0.25, 0.3) is 0 Å². The standard InChI is InChI=1S/C23H26N6O2.C2H6/c1-15(24)13-29(18-7-19(30-3)10-20(8-18)31-4)17-5-6-21-22(9-17)27-23(12-25-21)16-11-26-28(2)14-16;1-2/h5-12,14-15H,13,24H2,1-4H3;1-2H3. The van der Waals surface area contributed by atoms with E-state index < -0.39 is 0 Å². The first-order valence-electron chi connectivity index (χ1n) is 11.0. The molecule has 0 spiro atoms. The van der Waals surface area contributed by atoms with Crippen molar-refractivity contribution in [1.82, 2.24) is 19.7 Å². The van der Waals surface area contributed by atoms with Crippen molar-refractivity contribution in [3.63, 3.8) is 0 Å². The number of anilines is 2. The molecule has 8 heteroatoms. The maximum atomic E-state index is 6.18. The summed E-state index contributed by atoms with van der Waals surface area (Å²) in [6.07, 6.45) is 5.47. The minimum Gasteiger partial charge on any atom is -0.497 e. The van der Waals surface area contributed by atoms with Crippen LogP contribution in [0, 0.1) is 0 Å². The fourth-order valence-electron chi connectivity index (χ4n) is 3.46. The number of nitrogens with two attached hydrogens (primary N) is 1. The molecule has 33 heavy (non-hydrogen) atoms. The van der Waals surface area contributed by atoms with E-state index >= 15 is 0 Å². The Bertz CT molecular complexity index is 1180. The topological polar surface area (TPSA) is 91.3 Å². The van der Waals surface area contributed by atoms with Crippen LogP contribution in [0.1, 0.15) is 20.8 Å². The third-order valence-electron chi connectivity index (χ3n) is 4.96. The lowest BCUT2D eigenvalue weighted by Crippen LogP contribution is -2.32. The van der Waals surface area contributed by atoms with E-state index in [-0.39, 0.29) is 6.04 Å². The second-order valence-electron chi connectivity index (χ2n) is 7.49. The fraction of sp³-hybridized carbons (Fsp3) is 0.320. The highest BCUT2D eigenvalue weighted by atomic mass is 16.5. The number of hydrogen-bond donors (Lipinski definition) is 1. The molecular formula is C25H32N6O2. The molecule has 174 valence electrons. The molecule has 4 aromatic rings. The predicted octanol–water partition coefficient (Wildman–Crippen LogP) is 4.56. The first kappa shape index (κ1) is 24.0. The molecule has 1 unspecified atom stereocenters. The van der Waals surface area contributed by atoms with Crippen LogP contribution in [0.15, 0.2) is 55.0 Å². The van der Waals surface area contributed by atoms with Gasteiger partial charge in [-0.05, 0) is 25.1 Å². The van der Waals surface area contributed by atoms with E-state index in [0.717, 1.165) is 33.7 Å². The Labute approximate surface area is 195 Å². The third kappa shape index (κ3) is 5.59. The lowest BCUT2D eigenvalue weighted by molar-refractivity contribution is 0.394. The molecular weight excluding hydrogens is 416 g/mol. The van der Waals surface area contributed by atoms with Crippen LogP contribution in [0.5, 0.6) is 11.5 Å². The second kappa shape index (κ2) is 10.8. The monoisotopic (exact) mass is 448 g/mol. The van der Waals surface area contributed by atoms with Crippen LogP contribution in [0.4, 0.5) is 11.4 Å². The van der Waals surface area contributed by atoms with E-state index in [1.165, 1.54) is 0 Å². The number of hydrogen-bond acceptors (Lipinski definition) is 7. The third-order valence-corrected chi connectivity index (χ3v) is 4.96. The summed E-state index contributed by atoms with van der Waals surface area (Å²) in [6, 6.07) is 11.7. The van der Waals surface area contributed by atoms with E-state index in [9.17, 15) is 0 Å². The van der Waals surface area contributed by atoms with Crippen molar-refractivity contribution in [1.29, 1.82) is 0 Å². The number of methoxy groups -OCH3 is 2. The fourth-order valence-corrected chi connectivity index (χ4v) is 3.46. The van der Waals surface area contributed by atoms with Crippen molar-refractivity contribution in [2.45, 2.75) is 26.8 Å². The molecule has 1 atom stereocenters. The molecule has 2 N–H and O–H groups in total. The van der Waals surface area contributed by atoms with Gasteiger partial charge in [-0.15, -0.1) is 0 Å². The zero-order valence-electron chi connectivity index (χ0n) is 20.1. The van der Waals surface area contributed by atoms with Gasteiger partial charge >= 0.3 is 0 Å². The molecule has 0 saturated carbocycles. The molecule has 0 fully saturated rings. The second-order valence-corrected chi connectivity index (χ2v) is 7.49. The van der Waals surface area contributed by atoms with Crippen molar-refractivity contribution in [2.75, 3.05) is 25.7 Å². The van der Waals surface area contributed by atoms with Crippen molar-refractivity contribution in [3.05, 3.63) is 55.0 Å². The summed E-state index contributed by atoms with van der Waals surface area (Å²) in [4.78, 5) is 11.5. The number of ether oxygens (including phenoxy) is 2. The average molecular weight is 449 g/mol.